The van der Waals surface area contributed by atoms with Gasteiger partial charge in [-0.2, -0.15) is 9.61 Å². The summed E-state index contributed by atoms with van der Waals surface area (Å²) < 4.78 is 6.81. The van der Waals surface area contributed by atoms with E-state index in [-0.39, 0.29) is 11.9 Å². The van der Waals surface area contributed by atoms with Gasteiger partial charge >= 0.3 is 5.97 Å². The SMILES string of the molecule is CCOC(=O)C(C)c1nn2c(C3CCC3)nnc2s1. The summed E-state index contributed by atoms with van der Waals surface area (Å²) in [6, 6.07) is 0. The van der Waals surface area contributed by atoms with Crippen molar-refractivity contribution in [1.29, 1.82) is 0 Å². The molecule has 7 heteroatoms. The van der Waals surface area contributed by atoms with Crippen molar-refractivity contribution in [3.05, 3.63) is 10.8 Å². The molecule has 6 nitrogen and oxygen atoms in total. The van der Waals surface area contributed by atoms with Crippen LogP contribution in [-0.2, 0) is 9.53 Å². The molecule has 2 aromatic rings. The molecular weight excluding hydrogens is 264 g/mol. The van der Waals surface area contributed by atoms with Crippen LogP contribution in [0.5, 0.6) is 0 Å². The fraction of sp³-hybridized carbons (Fsp3) is 0.667. The number of nitrogens with zero attached hydrogens (tertiary/aromatic N) is 4. The van der Waals surface area contributed by atoms with E-state index in [9.17, 15) is 4.79 Å². The molecule has 0 N–H and O–H groups in total. The van der Waals surface area contributed by atoms with Crippen LogP contribution in [0.3, 0.4) is 0 Å². The third-order valence-electron chi connectivity index (χ3n) is 3.51. The van der Waals surface area contributed by atoms with Gasteiger partial charge in [0, 0.05) is 5.92 Å². The second kappa shape index (κ2) is 4.88. The molecule has 1 saturated carbocycles. The molecule has 0 saturated heterocycles. The first kappa shape index (κ1) is 12.5. The highest BCUT2D eigenvalue weighted by atomic mass is 32.1. The maximum absolute atomic E-state index is 11.7. The monoisotopic (exact) mass is 280 g/mol. The molecule has 0 radical (unpaired) electrons. The number of rotatable bonds is 4. The van der Waals surface area contributed by atoms with Gasteiger partial charge in [-0.1, -0.05) is 17.8 Å². The molecule has 1 atom stereocenters. The first-order chi connectivity index (χ1) is 9.20. The summed E-state index contributed by atoms with van der Waals surface area (Å²) in [5.41, 5.74) is 0. The van der Waals surface area contributed by atoms with Crippen LogP contribution in [0.15, 0.2) is 0 Å². The van der Waals surface area contributed by atoms with Crippen molar-refractivity contribution in [3.63, 3.8) is 0 Å². The number of hydrogen-bond acceptors (Lipinski definition) is 6. The summed E-state index contributed by atoms with van der Waals surface area (Å²) in [5, 5.41) is 13.6. The van der Waals surface area contributed by atoms with E-state index in [2.05, 4.69) is 15.3 Å². The van der Waals surface area contributed by atoms with Gasteiger partial charge in [0.2, 0.25) is 4.96 Å². The Morgan fingerprint density at radius 2 is 2.32 bits per heavy atom. The number of carbonyl (C=O) groups is 1. The Hall–Kier alpha value is -1.50. The van der Waals surface area contributed by atoms with E-state index in [0.29, 0.717) is 12.5 Å². The van der Waals surface area contributed by atoms with Crippen molar-refractivity contribution < 1.29 is 9.53 Å². The van der Waals surface area contributed by atoms with Crippen LogP contribution in [0, 0.1) is 0 Å². The summed E-state index contributed by atoms with van der Waals surface area (Å²) in [7, 11) is 0. The van der Waals surface area contributed by atoms with Crippen molar-refractivity contribution in [3.8, 4) is 0 Å². The second-order valence-corrected chi connectivity index (χ2v) is 5.78. The molecule has 1 aliphatic carbocycles. The van der Waals surface area contributed by atoms with Crippen LogP contribution in [-0.4, -0.2) is 32.4 Å². The van der Waals surface area contributed by atoms with E-state index >= 15 is 0 Å². The van der Waals surface area contributed by atoms with E-state index in [4.69, 9.17) is 4.74 Å². The third-order valence-corrected chi connectivity index (χ3v) is 4.59. The third kappa shape index (κ3) is 2.11. The van der Waals surface area contributed by atoms with Crippen molar-refractivity contribution in [1.82, 2.24) is 19.8 Å². The summed E-state index contributed by atoms with van der Waals surface area (Å²) in [5.74, 6) is 0.821. The van der Waals surface area contributed by atoms with Crippen LogP contribution in [0.1, 0.15) is 55.8 Å². The number of ether oxygens (including phenoxy) is 1. The number of aromatic nitrogens is 4. The maximum atomic E-state index is 11.7. The van der Waals surface area contributed by atoms with Gasteiger partial charge in [0.05, 0.1) is 6.61 Å². The Bertz CT molecular complexity index is 602. The predicted molar refractivity (Wildman–Crippen MR) is 70.3 cm³/mol. The molecule has 2 heterocycles. The van der Waals surface area contributed by atoms with E-state index in [0.717, 1.165) is 28.6 Å². The first-order valence-corrected chi connectivity index (χ1v) is 7.41. The maximum Gasteiger partial charge on any atom is 0.315 e. The highest BCUT2D eigenvalue weighted by molar-refractivity contribution is 7.16. The smallest absolute Gasteiger partial charge is 0.315 e. The first-order valence-electron chi connectivity index (χ1n) is 6.59. The summed E-state index contributed by atoms with van der Waals surface area (Å²) in [6.45, 7) is 4.01. The highest BCUT2D eigenvalue weighted by Gasteiger charge is 2.28. The fourth-order valence-electron chi connectivity index (χ4n) is 2.11. The lowest BCUT2D eigenvalue weighted by Crippen LogP contribution is -2.15. The van der Waals surface area contributed by atoms with Gasteiger partial charge in [-0.3, -0.25) is 4.79 Å². The van der Waals surface area contributed by atoms with Gasteiger partial charge < -0.3 is 4.74 Å². The van der Waals surface area contributed by atoms with Crippen molar-refractivity contribution in [2.45, 2.75) is 44.9 Å². The summed E-state index contributed by atoms with van der Waals surface area (Å²) in [4.78, 5) is 12.5. The minimum atomic E-state index is -0.346. The van der Waals surface area contributed by atoms with Gasteiger partial charge in [0.15, 0.2) is 5.82 Å². The molecule has 0 spiro atoms. The van der Waals surface area contributed by atoms with E-state index < -0.39 is 0 Å². The summed E-state index contributed by atoms with van der Waals surface area (Å²) in [6.07, 6.45) is 3.55. The second-order valence-electron chi connectivity index (χ2n) is 4.79. The Labute approximate surface area is 114 Å². The van der Waals surface area contributed by atoms with Crippen LogP contribution in [0.25, 0.3) is 4.96 Å². The Balaban J connectivity index is 1.89. The molecule has 0 aromatic carbocycles. The predicted octanol–water partition coefficient (Wildman–Crippen LogP) is 2.12. The van der Waals surface area contributed by atoms with Gasteiger partial charge in [-0.05, 0) is 26.7 Å². The Morgan fingerprint density at radius 1 is 1.53 bits per heavy atom. The summed E-state index contributed by atoms with van der Waals surface area (Å²) >= 11 is 1.41. The molecule has 19 heavy (non-hydrogen) atoms. The van der Waals surface area contributed by atoms with Crippen molar-refractivity contribution in [2.75, 3.05) is 6.61 Å². The molecule has 0 bridgehead atoms. The van der Waals surface area contributed by atoms with Crippen LogP contribution in [0.4, 0.5) is 0 Å². The molecule has 1 unspecified atom stereocenters. The zero-order valence-corrected chi connectivity index (χ0v) is 11.8. The molecule has 3 rings (SSSR count). The standard InChI is InChI=1S/C12H16N4O2S/c1-3-18-11(17)7(2)10-15-16-9(8-5-4-6-8)13-14-12(16)19-10/h7-8H,3-6H2,1-2H3. The fourth-order valence-corrected chi connectivity index (χ4v) is 3.00. The Kier molecular flexibility index (Phi) is 3.22. The Morgan fingerprint density at radius 3 is 2.95 bits per heavy atom. The topological polar surface area (TPSA) is 69.4 Å². The molecule has 1 aliphatic rings. The van der Waals surface area contributed by atoms with E-state index in [1.54, 1.807) is 11.4 Å². The molecular formula is C12H16N4O2S. The highest BCUT2D eigenvalue weighted by Crippen LogP contribution is 2.36. The molecule has 102 valence electrons. The zero-order valence-electron chi connectivity index (χ0n) is 11.0. The minimum Gasteiger partial charge on any atom is -0.465 e. The van der Waals surface area contributed by atoms with Gasteiger partial charge in [0.1, 0.15) is 10.9 Å². The van der Waals surface area contributed by atoms with Gasteiger partial charge in [-0.25, -0.2) is 0 Å². The zero-order chi connectivity index (χ0) is 13.4. The molecule has 2 aromatic heterocycles. The minimum absolute atomic E-state index is 0.238. The molecule has 0 aliphatic heterocycles. The van der Waals surface area contributed by atoms with Gasteiger partial charge in [-0.15, -0.1) is 10.2 Å². The van der Waals surface area contributed by atoms with Crippen LogP contribution >= 0.6 is 11.3 Å². The lowest BCUT2D eigenvalue weighted by atomic mass is 9.85. The quantitative estimate of drug-likeness (QED) is 0.802. The van der Waals surface area contributed by atoms with Crippen LogP contribution in [0.2, 0.25) is 0 Å². The average Bonchev–Trinajstić information content (AvgIpc) is 2.88. The number of fused-ring (bicyclic) bond motifs is 1. The lowest BCUT2D eigenvalue weighted by Gasteiger charge is -2.22. The normalized spacial score (nSPS) is 17.4. The molecule has 0 amide bonds. The lowest BCUT2D eigenvalue weighted by molar-refractivity contribution is -0.144. The van der Waals surface area contributed by atoms with E-state index in [1.807, 2.05) is 6.92 Å². The van der Waals surface area contributed by atoms with Gasteiger partial charge in [0.25, 0.3) is 0 Å². The van der Waals surface area contributed by atoms with Crippen molar-refractivity contribution >= 4 is 22.3 Å². The van der Waals surface area contributed by atoms with E-state index in [1.165, 1.54) is 17.8 Å². The molecule has 1 fully saturated rings. The average molecular weight is 280 g/mol. The number of esters is 1. The van der Waals surface area contributed by atoms with Crippen LogP contribution < -0.4 is 0 Å². The number of carbonyl (C=O) groups excluding carboxylic acids is 1. The number of hydrogen-bond donors (Lipinski definition) is 0. The largest absolute Gasteiger partial charge is 0.465 e. The van der Waals surface area contributed by atoms with Crippen molar-refractivity contribution in [2.24, 2.45) is 0 Å².